The Hall–Kier alpha value is -3.32. The number of aryl methyl sites for hydroxylation is 1. The number of methoxy groups -OCH3 is 3. The number of benzene rings is 1. The average molecular weight is 536 g/mol. The highest BCUT2D eigenvalue weighted by Gasteiger charge is 2.32. The molecule has 1 atom stereocenters. The maximum atomic E-state index is 12.9. The van der Waals surface area contributed by atoms with Crippen molar-refractivity contribution >= 4 is 45.3 Å². The molecule has 1 aromatic heterocycles. The molecule has 3 rings (SSSR count). The number of nitrogens with zero attached hydrogens (tertiary/aromatic N) is 3. The SMILES string of the molecule is CCOC(=O)C1=C(C)NC(SCC(=O)Nc2nnc(CC)s2)=N[C@H]1c1cc(OC)c(OC)c(OC)c1. The van der Waals surface area contributed by atoms with Gasteiger partial charge < -0.3 is 24.3 Å². The Balaban J connectivity index is 1.89. The maximum Gasteiger partial charge on any atom is 0.338 e. The van der Waals surface area contributed by atoms with Gasteiger partial charge in [0.25, 0.3) is 0 Å². The number of nitrogens with one attached hydrogen (secondary N) is 2. The van der Waals surface area contributed by atoms with Gasteiger partial charge in [-0.25, -0.2) is 9.79 Å². The monoisotopic (exact) mass is 535 g/mol. The fourth-order valence-corrected chi connectivity index (χ4v) is 4.87. The summed E-state index contributed by atoms with van der Waals surface area (Å²) in [6.07, 6.45) is 0.750. The summed E-state index contributed by atoms with van der Waals surface area (Å²) in [5, 5.41) is 15.6. The van der Waals surface area contributed by atoms with Crippen molar-refractivity contribution in [2.24, 2.45) is 4.99 Å². The Kier molecular flexibility index (Phi) is 9.53. The van der Waals surface area contributed by atoms with E-state index in [0.717, 1.165) is 11.4 Å². The largest absolute Gasteiger partial charge is 0.493 e. The molecular weight excluding hydrogens is 506 g/mol. The molecule has 13 heteroatoms. The van der Waals surface area contributed by atoms with Crippen LogP contribution in [-0.2, 0) is 20.7 Å². The fourth-order valence-electron chi connectivity index (χ4n) is 3.43. The molecular formula is C23H29N5O6S2. The first-order chi connectivity index (χ1) is 17.3. The highest BCUT2D eigenvalue weighted by atomic mass is 32.2. The lowest BCUT2D eigenvalue weighted by Crippen LogP contribution is -2.31. The molecule has 2 N–H and O–H groups in total. The number of carbonyl (C=O) groups excluding carboxylic acids is 2. The zero-order chi connectivity index (χ0) is 26.2. The number of ether oxygens (including phenoxy) is 4. The van der Waals surface area contributed by atoms with Crippen LogP contribution in [0.15, 0.2) is 28.4 Å². The number of hydrogen-bond acceptors (Lipinski definition) is 12. The Morgan fingerprint density at radius 1 is 1.11 bits per heavy atom. The number of hydrogen-bond donors (Lipinski definition) is 2. The summed E-state index contributed by atoms with van der Waals surface area (Å²) in [6.45, 7) is 5.69. The van der Waals surface area contributed by atoms with Crippen LogP contribution < -0.4 is 24.8 Å². The molecule has 0 unspecified atom stereocenters. The molecule has 0 bridgehead atoms. The fraction of sp³-hybridized carbons (Fsp3) is 0.435. The van der Waals surface area contributed by atoms with Crippen LogP contribution in [0, 0.1) is 0 Å². The van der Waals surface area contributed by atoms with Gasteiger partial charge in [-0.3, -0.25) is 10.1 Å². The van der Waals surface area contributed by atoms with Gasteiger partial charge >= 0.3 is 5.97 Å². The van der Waals surface area contributed by atoms with Crippen molar-refractivity contribution in [2.75, 3.05) is 39.0 Å². The number of aromatic nitrogens is 2. The van der Waals surface area contributed by atoms with E-state index in [1.807, 2.05) is 6.92 Å². The van der Waals surface area contributed by atoms with E-state index < -0.39 is 12.0 Å². The molecule has 0 fully saturated rings. The first-order valence-corrected chi connectivity index (χ1v) is 12.9. The van der Waals surface area contributed by atoms with E-state index in [4.69, 9.17) is 23.9 Å². The third-order valence-corrected chi connectivity index (χ3v) is 6.94. The minimum Gasteiger partial charge on any atom is -0.493 e. The van der Waals surface area contributed by atoms with Crippen LogP contribution in [0.1, 0.15) is 37.4 Å². The molecule has 1 amide bonds. The van der Waals surface area contributed by atoms with Crippen LogP contribution in [0.2, 0.25) is 0 Å². The summed E-state index contributed by atoms with van der Waals surface area (Å²) in [5.41, 5.74) is 1.56. The standard InChI is InChI=1S/C23H29N5O6S2/c1-7-17-27-28-23(36-17)25-16(29)11-35-22-24-12(3)18(21(30)34-8-2)19(26-22)13-9-14(31-4)20(33-6)15(10-13)32-5/h9-10,19H,7-8,11H2,1-6H3,(H,24,26)(H,25,28,29)/t19-/m0/s1. The minimum atomic E-state index is -0.722. The minimum absolute atomic E-state index is 0.0802. The first-order valence-electron chi connectivity index (χ1n) is 11.1. The van der Waals surface area contributed by atoms with Crippen LogP contribution >= 0.6 is 23.1 Å². The molecule has 0 aliphatic carbocycles. The number of amidine groups is 1. The molecule has 11 nitrogen and oxygen atoms in total. The molecule has 0 saturated carbocycles. The number of allylic oxidation sites excluding steroid dienone is 1. The summed E-state index contributed by atoms with van der Waals surface area (Å²) in [6, 6.07) is 2.76. The molecule has 0 spiro atoms. The maximum absolute atomic E-state index is 12.9. The second-order valence-corrected chi connectivity index (χ2v) is 9.40. The summed E-state index contributed by atoms with van der Waals surface area (Å²) in [4.78, 5) is 30.1. The second kappa shape index (κ2) is 12.6. The van der Waals surface area contributed by atoms with E-state index in [0.29, 0.717) is 44.4 Å². The van der Waals surface area contributed by atoms with E-state index >= 15 is 0 Å². The number of esters is 1. The summed E-state index contributed by atoms with van der Waals surface area (Å²) in [5.74, 6) is 0.628. The second-order valence-electron chi connectivity index (χ2n) is 7.37. The van der Waals surface area contributed by atoms with Crippen LogP contribution in [0.4, 0.5) is 5.13 Å². The zero-order valence-electron chi connectivity index (χ0n) is 21.0. The van der Waals surface area contributed by atoms with Crippen molar-refractivity contribution in [1.82, 2.24) is 15.5 Å². The third-order valence-electron chi connectivity index (χ3n) is 5.07. The lowest BCUT2D eigenvalue weighted by atomic mass is 9.96. The van der Waals surface area contributed by atoms with Gasteiger partial charge in [0.1, 0.15) is 11.0 Å². The van der Waals surface area contributed by atoms with Gasteiger partial charge in [-0.05, 0) is 38.0 Å². The van der Waals surface area contributed by atoms with Crippen molar-refractivity contribution in [3.63, 3.8) is 0 Å². The number of carbonyl (C=O) groups is 2. The van der Waals surface area contributed by atoms with Gasteiger partial charge in [-0.2, -0.15) is 0 Å². The molecule has 194 valence electrons. The highest BCUT2D eigenvalue weighted by Crippen LogP contribution is 2.43. The zero-order valence-corrected chi connectivity index (χ0v) is 22.6. The van der Waals surface area contributed by atoms with Crippen molar-refractivity contribution in [3.05, 3.63) is 34.0 Å². The van der Waals surface area contributed by atoms with Gasteiger partial charge in [0.2, 0.25) is 16.8 Å². The molecule has 2 heterocycles. The number of rotatable bonds is 10. The molecule has 1 aromatic carbocycles. The first kappa shape index (κ1) is 27.3. The lowest BCUT2D eigenvalue weighted by molar-refractivity contribution is -0.139. The highest BCUT2D eigenvalue weighted by molar-refractivity contribution is 8.14. The normalized spacial score (nSPS) is 15.1. The molecule has 2 aromatic rings. The Morgan fingerprint density at radius 3 is 2.36 bits per heavy atom. The van der Waals surface area contributed by atoms with E-state index in [-0.39, 0.29) is 18.3 Å². The lowest BCUT2D eigenvalue weighted by Gasteiger charge is -2.26. The quantitative estimate of drug-likeness (QED) is 0.436. The van der Waals surface area contributed by atoms with Gasteiger partial charge in [0, 0.05) is 5.70 Å². The predicted molar refractivity (Wildman–Crippen MR) is 139 cm³/mol. The molecule has 36 heavy (non-hydrogen) atoms. The van der Waals surface area contributed by atoms with Crippen LogP contribution in [0.3, 0.4) is 0 Å². The summed E-state index contributed by atoms with van der Waals surface area (Å²) in [7, 11) is 4.55. The molecule has 1 aliphatic rings. The van der Waals surface area contributed by atoms with E-state index in [1.54, 1.807) is 26.0 Å². The summed E-state index contributed by atoms with van der Waals surface area (Å²) >= 11 is 2.54. The van der Waals surface area contributed by atoms with Crippen LogP contribution in [0.25, 0.3) is 0 Å². The Morgan fingerprint density at radius 2 is 1.81 bits per heavy atom. The number of amides is 1. The van der Waals surface area contributed by atoms with Crippen molar-refractivity contribution in [3.8, 4) is 17.2 Å². The summed E-state index contributed by atoms with van der Waals surface area (Å²) < 4.78 is 21.7. The van der Waals surface area contributed by atoms with Crippen LogP contribution in [-0.4, -0.2) is 60.9 Å². The smallest absolute Gasteiger partial charge is 0.338 e. The number of thioether (sulfide) groups is 1. The van der Waals surface area contributed by atoms with Gasteiger partial charge in [0.05, 0.1) is 39.3 Å². The van der Waals surface area contributed by atoms with Gasteiger partial charge in [0.15, 0.2) is 16.7 Å². The predicted octanol–water partition coefficient (Wildman–Crippen LogP) is 3.34. The Bertz CT molecular complexity index is 1150. The number of aliphatic imine (C=N–C) groups is 1. The third kappa shape index (κ3) is 6.26. The van der Waals surface area contributed by atoms with Gasteiger partial charge in [-0.15, -0.1) is 10.2 Å². The van der Waals surface area contributed by atoms with E-state index in [9.17, 15) is 9.59 Å². The van der Waals surface area contributed by atoms with Crippen molar-refractivity contribution < 1.29 is 28.5 Å². The topological polar surface area (TPSA) is 133 Å². The van der Waals surface area contributed by atoms with Crippen LogP contribution in [0.5, 0.6) is 17.2 Å². The van der Waals surface area contributed by atoms with E-state index in [2.05, 4.69) is 20.8 Å². The molecule has 0 radical (unpaired) electrons. The molecule has 0 saturated heterocycles. The average Bonchev–Trinajstić information content (AvgIpc) is 3.33. The number of anilines is 1. The Labute approximate surface area is 217 Å². The molecule has 1 aliphatic heterocycles. The van der Waals surface area contributed by atoms with Gasteiger partial charge in [-0.1, -0.05) is 30.0 Å². The van der Waals surface area contributed by atoms with Crippen molar-refractivity contribution in [2.45, 2.75) is 33.2 Å². The van der Waals surface area contributed by atoms with E-state index in [1.165, 1.54) is 44.4 Å². The van der Waals surface area contributed by atoms with Crippen molar-refractivity contribution in [1.29, 1.82) is 0 Å².